The summed E-state index contributed by atoms with van der Waals surface area (Å²) in [4.78, 5) is 22.9. The first kappa shape index (κ1) is 16.2. The van der Waals surface area contributed by atoms with Crippen molar-refractivity contribution in [2.45, 2.75) is 71.3 Å². The normalized spacial score (nSPS) is 47.2. The smallest absolute Gasteiger partial charge is 0.450 e. The van der Waals surface area contributed by atoms with Gasteiger partial charge in [-0.2, -0.15) is 0 Å². The number of carbonyl (C=O) groups is 2. The van der Waals surface area contributed by atoms with E-state index in [1.54, 1.807) is 0 Å². The molecule has 4 nitrogen and oxygen atoms in total. The van der Waals surface area contributed by atoms with Crippen LogP contribution < -0.4 is 0 Å². The van der Waals surface area contributed by atoms with Crippen molar-refractivity contribution in [1.82, 2.24) is 0 Å². The van der Waals surface area contributed by atoms with Gasteiger partial charge in [-0.05, 0) is 74.2 Å². The van der Waals surface area contributed by atoms with E-state index in [0.717, 1.165) is 44.9 Å². The summed E-state index contributed by atoms with van der Waals surface area (Å²) < 4.78 is 5.27. The number of carbonyl (C=O) groups excluding carboxylic acids is 1. The van der Waals surface area contributed by atoms with Gasteiger partial charge >= 0.3 is 6.16 Å². The highest BCUT2D eigenvalue weighted by atomic mass is 16.7. The van der Waals surface area contributed by atoms with Crippen molar-refractivity contribution >= 4 is 11.9 Å². The van der Waals surface area contributed by atoms with Gasteiger partial charge in [0.25, 0.3) is 0 Å². The highest BCUT2D eigenvalue weighted by Crippen LogP contribution is 2.65. The number of allylic oxidation sites excluding steroid dienone is 1. The molecular weight excluding hydrogens is 304 g/mol. The molecule has 4 rings (SSSR count). The van der Waals surface area contributed by atoms with Gasteiger partial charge in [-0.15, -0.1) is 0 Å². The average molecular weight is 332 g/mol. The second-order valence-corrected chi connectivity index (χ2v) is 8.96. The Morgan fingerprint density at radius 1 is 1.12 bits per heavy atom. The molecule has 0 radical (unpaired) electrons. The standard InChI is InChI=1S/C20H28O4/c1-19-9-7-13(21)11-12(19)3-4-14-15-5-6-17(24-18(22)23)20(15,2)10-8-16(14)19/h11,14-17H,3-10H2,1-2H3,(H,22,23)/t14?,15?,16?,17-,19-,20-/m0/s1. The van der Waals surface area contributed by atoms with E-state index in [4.69, 9.17) is 9.84 Å². The molecule has 1 N–H and O–H groups in total. The summed E-state index contributed by atoms with van der Waals surface area (Å²) >= 11 is 0. The molecule has 4 heteroatoms. The van der Waals surface area contributed by atoms with E-state index in [-0.39, 0.29) is 16.9 Å². The van der Waals surface area contributed by atoms with Crippen LogP contribution >= 0.6 is 0 Å². The molecular formula is C20H28O4. The third kappa shape index (κ3) is 2.18. The summed E-state index contributed by atoms with van der Waals surface area (Å²) in [6.45, 7) is 4.64. The van der Waals surface area contributed by atoms with Gasteiger partial charge in [0.1, 0.15) is 6.10 Å². The maximum Gasteiger partial charge on any atom is 0.506 e. The number of hydrogen-bond acceptors (Lipinski definition) is 3. The fraction of sp³-hybridized carbons (Fsp3) is 0.800. The first-order valence-electron chi connectivity index (χ1n) is 9.48. The molecule has 6 atom stereocenters. The minimum Gasteiger partial charge on any atom is -0.450 e. The van der Waals surface area contributed by atoms with E-state index in [0.29, 0.717) is 30.0 Å². The van der Waals surface area contributed by atoms with Crippen LogP contribution in [0.3, 0.4) is 0 Å². The van der Waals surface area contributed by atoms with Crippen molar-refractivity contribution in [1.29, 1.82) is 0 Å². The number of carboxylic acid groups (broad SMARTS) is 1. The van der Waals surface area contributed by atoms with Crippen LogP contribution in [0.4, 0.5) is 4.79 Å². The van der Waals surface area contributed by atoms with Crippen molar-refractivity contribution in [3.05, 3.63) is 11.6 Å². The highest BCUT2D eigenvalue weighted by molar-refractivity contribution is 5.91. The molecule has 0 aromatic heterocycles. The quantitative estimate of drug-likeness (QED) is 0.714. The second kappa shape index (κ2) is 5.34. The Morgan fingerprint density at radius 3 is 2.67 bits per heavy atom. The Morgan fingerprint density at radius 2 is 1.92 bits per heavy atom. The molecule has 0 aromatic carbocycles. The largest absolute Gasteiger partial charge is 0.506 e. The first-order valence-corrected chi connectivity index (χ1v) is 9.48. The zero-order valence-electron chi connectivity index (χ0n) is 14.7. The van der Waals surface area contributed by atoms with Gasteiger partial charge in [-0.25, -0.2) is 4.79 Å². The Hall–Kier alpha value is -1.32. The zero-order valence-corrected chi connectivity index (χ0v) is 14.7. The van der Waals surface area contributed by atoms with Crippen molar-refractivity contribution < 1.29 is 19.4 Å². The average Bonchev–Trinajstić information content (AvgIpc) is 2.84. The summed E-state index contributed by atoms with van der Waals surface area (Å²) in [6, 6.07) is 0. The lowest BCUT2D eigenvalue weighted by Gasteiger charge is -2.57. The molecule has 3 unspecified atom stereocenters. The van der Waals surface area contributed by atoms with Crippen LogP contribution in [0.15, 0.2) is 11.6 Å². The zero-order chi connectivity index (χ0) is 17.1. The molecule has 24 heavy (non-hydrogen) atoms. The topological polar surface area (TPSA) is 63.6 Å². The Kier molecular flexibility index (Phi) is 3.59. The lowest BCUT2D eigenvalue weighted by Crippen LogP contribution is -2.51. The Balaban J connectivity index is 1.62. The van der Waals surface area contributed by atoms with Gasteiger partial charge < -0.3 is 9.84 Å². The van der Waals surface area contributed by atoms with Gasteiger partial charge in [-0.1, -0.05) is 19.4 Å². The maximum atomic E-state index is 11.9. The lowest BCUT2D eigenvalue weighted by atomic mass is 9.47. The Labute approximate surface area is 143 Å². The summed E-state index contributed by atoms with van der Waals surface area (Å²) in [5.41, 5.74) is 1.57. The van der Waals surface area contributed by atoms with Crippen LogP contribution in [0.25, 0.3) is 0 Å². The number of rotatable bonds is 1. The highest BCUT2D eigenvalue weighted by Gasteiger charge is 2.59. The van der Waals surface area contributed by atoms with Crippen molar-refractivity contribution in [3.8, 4) is 0 Å². The molecule has 0 saturated heterocycles. The van der Waals surface area contributed by atoms with E-state index in [1.165, 1.54) is 5.57 Å². The summed E-state index contributed by atoms with van der Waals surface area (Å²) in [6.07, 6.45) is 8.70. The van der Waals surface area contributed by atoms with Gasteiger partial charge in [-0.3, -0.25) is 4.79 Å². The van der Waals surface area contributed by atoms with E-state index in [2.05, 4.69) is 13.8 Å². The van der Waals surface area contributed by atoms with E-state index in [9.17, 15) is 9.59 Å². The molecule has 0 amide bonds. The molecule has 4 aliphatic rings. The monoisotopic (exact) mass is 332 g/mol. The number of fused-ring (bicyclic) bond motifs is 5. The van der Waals surface area contributed by atoms with Crippen LogP contribution in [-0.4, -0.2) is 23.1 Å². The molecule has 3 saturated carbocycles. The molecule has 0 spiro atoms. The van der Waals surface area contributed by atoms with Crippen molar-refractivity contribution in [3.63, 3.8) is 0 Å². The molecule has 4 aliphatic carbocycles. The van der Waals surface area contributed by atoms with Crippen LogP contribution in [0, 0.1) is 28.6 Å². The number of hydrogen-bond donors (Lipinski definition) is 1. The molecule has 0 heterocycles. The van der Waals surface area contributed by atoms with Gasteiger partial charge in [0, 0.05) is 11.8 Å². The predicted molar refractivity (Wildman–Crippen MR) is 89.6 cm³/mol. The third-order valence-electron chi connectivity index (χ3n) is 8.12. The van der Waals surface area contributed by atoms with E-state index in [1.807, 2.05) is 6.08 Å². The summed E-state index contributed by atoms with van der Waals surface area (Å²) in [5, 5.41) is 9.07. The SMILES string of the molecule is C[C@]12CCC(=O)C=C1CCC1C2CC[C@@]2(C)C1CC[C@@H]2OC(=O)O. The lowest BCUT2D eigenvalue weighted by molar-refractivity contribution is -0.118. The van der Waals surface area contributed by atoms with Crippen molar-refractivity contribution in [2.24, 2.45) is 28.6 Å². The van der Waals surface area contributed by atoms with Gasteiger partial charge in [0.05, 0.1) is 0 Å². The summed E-state index contributed by atoms with van der Waals surface area (Å²) in [7, 11) is 0. The second-order valence-electron chi connectivity index (χ2n) is 8.96. The minimum atomic E-state index is -1.13. The number of ether oxygens (including phenoxy) is 1. The molecule has 3 fully saturated rings. The molecule has 0 aliphatic heterocycles. The maximum absolute atomic E-state index is 11.9. The third-order valence-corrected chi connectivity index (χ3v) is 8.12. The van der Waals surface area contributed by atoms with Crippen LogP contribution in [0.2, 0.25) is 0 Å². The first-order chi connectivity index (χ1) is 11.3. The Bertz CT molecular complexity index is 609. The van der Waals surface area contributed by atoms with Crippen LogP contribution in [0.1, 0.15) is 65.2 Å². The predicted octanol–water partition coefficient (Wildman–Crippen LogP) is 4.58. The fourth-order valence-corrected chi connectivity index (χ4v) is 6.83. The van der Waals surface area contributed by atoms with Crippen LogP contribution in [-0.2, 0) is 9.53 Å². The van der Waals surface area contributed by atoms with E-state index >= 15 is 0 Å². The number of ketones is 1. The van der Waals surface area contributed by atoms with Crippen LogP contribution in [0.5, 0.6) is 0 Å². The summed E-state index contributed by atoms with van der Waals surface area (Å²) in [5.74, 6) is 2.17. The van der Waals surface area contributed by atoms with E-state index < -0.39 is 6.16 Å². The molecule has 0 bridgehead atoms. The van der Waals surface area contributed by atoms with Crippen molar-refractivity contribution in [2.75, 3.05) is 0 Å². The van der Waals surface area contributed by atoms with Gasteiger partial charge in [0.15, 0.2) is 5.78 Å². The fourth-order valence-electron chi connectivity index (χ4n) is 6.83. The minimum absolute atomic E-state index is 0.00161. The molecule has 132 valence electrons. The van der Waals surface area contributed by atoms with Gasteiger partial charge in [0.2, 0.25) is 0 Å². The molecule has 0 aromatic rings.